The van der Waals surface area contributed by atoms with Crippen molar-refractivity contribution in [1.82, 2.24) is 0 Å². The average Bonchev–Trinajstić information content (AvgIpc) is 2.29. The van der Waals surface area contributed by atoms with Crippen molar-refractivity contribution in [1.29, 1.82) is 0 Å². The number of hydrogen-bond acceptors (Lipinski definition) is 3. The van der Waals surface area contributed by atoms with Crippen LogP contribution < -0.4 is 0 Å². The van der Waals surface area contributed by atoms with Crippen LogP contribution in [0, 0.1) is 0 Å². The Balaban J connectivity index is 3.55. The van der Waals surface area contributed by atoms with Crippen LogP contribution in [0.4, 0.5) is 0 Å². The molecule has 3 nitrogen and oxygen atoms in total. The molecule has 0 N–H and O–H groups in total. The smallest absolute Gasteiger partial charge is 0.376 e. The maximum absolute atomic E-state index is 5.83. The van der Waals surface area contributed by atoms with Crippen LogP contribution in [0.1, 0.15) is 66.2 Å². The summed E-state index contributed by atoms with van der Waals surface area (Å²) >= 11 is 0. The van der Waals surface area contributed by atoms with Crippen molar-refractivity contribution in [2.75, 3.05) is 13.2 Å². The topological polar surface area (TPSA) is 27.7 Å². The molecule has 0 saturated carbocycles. The molecule has 1 atom stereocenters. The molecule has 17 heavy (non-hydrogen) atoms. The second-order valence-electron chi connectivity index (χ2n) is 4.35. The predicted molar refractivity (Wildman–Crippen MR) is 74.3 cm³/mol. The molecule has 0 spiro atoms. The van der Waals surface area contributed by atoms with E-state index >= 15 is 0 Å². The van der Waals surface area contributed by atoms with Gasteiger partial charge in [-0.15, -0.1) is 0 Å². The summed E-state index contributed by atoms with van der Waals surface area (Å²) in [6.07, 6.45) is 7.96. The third kappa shape index (κ3) is 10.9. The third-order valence-corrected chi connectivity index (χ3v) is 4.56. The molecule has 0 heterocycles. The molecule has 0 radical (unpaired) electrons. The molecule has 0 bridgehead atoms. The molecule has 0 aliphatic heterocycles. The fourth-order valence-corrected chi connectivity index (χ4v) is 3.01. The summed E-state index contributed by atoms with van der Waals surface area (Å²) in [4.78, 5) is 0. The molecule has 1 unspecified atom stereocenters. The van der Waals surface area contributed by atoms with Gasteiger partial charge < -0.3 is 13.3 Å². The van der Waals surface area contributed by atoms with Gasteiger partial charge in [0.1, 0.15) is 0 Å². The van der Waals surface area contributed by atoms with Gasteiger partial charge in [0.2, 0.25) is 0 Å². The molecule has 0 aromatic carbocycles. The van der Waals surface area contributed by atoms with Crippen molar-refractivity contribution in [3.63, 3.8) is 0 Å². The Morgan fingerprint density at radius 3 is 2.00 bits per heavy atom. The monoisotopic (exact) mass is 262 g/mol. The summed E-state index contributed by atoms with van der Waals surface area (Å²) in [6, 6.07) is 0. The van der Waals surface area contributed by atoms with E-state index in [0.717, 1.165) is 6.42 Å². The van der Waals surface area contributed by atoms with Gasteiger partial charge in [-0.1, -0.05) is 39.0 Å². The van der Waals surface area contributed by atoms with Gasteiger partial charge in [-0.05, 0) is 27.2 Å². The first-order valence-electron chi connectivity index (χ1n) is 7.13. The van der Waals surface area contributed by atoms with Gasteiger partial charge in [-0.25, -0.2) is 0 Å². The highest BCUT2D eigenvalue weighted by Crippen LogP contribution is 2.10. The minimum Gasteiger partial charge on any atom is -0.376 e. The SMILES string of the molecule is CCCCCCCC(C)O[SiH](OCC)OCC. The fraction of sp³-hybridized carbons (Fsp3) is 1.00. The van der Waals surface area contributed by atoms with Crippen molar-refractivity contribution >= 4 is 9.53 Å². The summed E-state index contributed by atoms with van der Waals surface area (Å²) in [5.41, 5.74) is 0. The summed E-state index contributed by atoms with van der Waals surface area (Å²) in [5.74, 6) is 0. The number of hydrogen-bond donors (Lipinski definition) is 0. The quantitative estimate of drug-likeness (QED) is 0.398. The van der Waals surface area contributed by atoms with E-state index in [0.29, 0.717) is 13.2 Å². The van der Waals surface area contributed by atoms with Gasteiger partial charge in [0, 0.05) is 19.3 Å². The molecular formula is C13H30O3Si. The standard InChI is InChI=1S/C13H30O3Si/c1-5-8-9-10-11-12-13(4)16-17(14-6-2)15-7-3/h13,17H,5-12H2,1-4H3. The van der Waals surface area contributed by atoms with Crippen LogP contribution in [-0.4, -0.2) is 28.8 Å². The second kappa shape index (κ2) is 12.6. The van der Waals surface area contributed by atoms with Gasteiger partial charge in [0.25, 0.3) is 0 Å². The van der Waals surface area contributed by atoms with Gasteiger partial charge >= 0.3 is 9.53 Å². The Morgan fingerprint density at radius 1 is 0.882 bits per heavy atom. The molecule has 0 aromatic rings. The van der Waals surface area contributed by atoms with Gasteiger partial charge in [0.15, 0.2) is 0 Å². The van der Waals surface area contributed by atoms with Crippen LogP contribution >= 0.6 is 0 Å². The molecule has 104 valence electrons. The van der Waals surface area contributed by atoms with E-state index in [1.54, 1.807) is 0 Å². The van der Waals surface area contributed by atoms with Crippen molar-refractivity contribution < 1.29 is 13.3 Å². The minimum atomic E-state index is -1.86. The Kier molecular flexibility index (Phi) is 12.6. The van der Waals surface area contributed by atoms with Crippen LogP contribution in [0.3, 0.4) is 0 Å². The number of rotatable bonds is 12. The summed E-state index contributed by atoms with van der Waals surface area (Å²) < 4.78 is 16.8. The zero-order chi connectivity index (χ0) is 12.9. The molecule has 0 aromatic heterocycles. The highest BCUT2D eigenvalue weighted by molar-refractivity contribution is 6.36. The van der Waals surface area contributed by atoms with Crippen LogP contribution in [0.15, 0.2) is 0 Å². The Bertz CT molecular complexity index is 150. The highest BCUT2D eigenvalue weighted by Gasteiger charge is 2.17. The largest absolute Gasteiger partial charge is 0.484 e. The van der Waals surface area contributed by atoms with E-state index in [9.17, 15) is 0 Å². The Morgan fingerprint density at radius 2 is 1.47 bits per heavy atom. The van der Waals surface area contributed by atoms with E-state index in [-0.39, 0.29) is 6.10 Å². The minimum absolute atomic E-state index is 0.270. The molecule has 0 rings (SSSR count). The Labute approximate surface area is 109 Å². The lowest BCUT2D eigenvalue weighted by molar-refractivity contribution is 0.0659. The first kappa shape index (κ1) is 17.1. The predicted octanol–water partition coefficient (Wildman–Crippen LogP) is 3.54. The van der Waals surface area contributed by atoms with Crippen molar-refractivity contribution in [3.8, 4) is 0 Å². The van der Waals surface area contributed by atoms with Crippen LogP contribution in [0.25, 0.3) is 0 Å². The lowest BCUT2D eigenvalue weighted by atomic mass is 10.1. The van der Waals surface area contributed by atoms with Gasteiger partial charge in [-0.3, -0.25) is 0 Å². The normalized spacial score (nSPS) is 13.2. The maximum atomic E-state index is 5.83. The number of unbranched alkanes of at least 4 members (excludes halogenated alkanes) is 4. The lowest BCUT2D eigenvalue weighted by Gasteiger charge is -2.20. The molecule has 0 aliphatic rings. The van der Waals surface area contributed by atoms with Gasteiger partial charge in [0.05, 0.1) is 0 Å². The molecule has 0 fully saturated rings. The second-order valence-corrected chi connectivity index (χ2v) is 5.87. The summed E-state index contributed by atoms with van der Waals surface area (Å²) in [5, 5.41) is 0. The zero-order valence-corrected chi connectivity index (χ0v) is 13.2. The third-order valence-electron chi connectivity index (χ3n) is 2.66. The van der Waals surface area contributed by atoms with E-state index in [2.05, 4.69) is 13.8 Å². The first-order valence-corrected chi connectivity index (χ1v) is 8.54. The van der Waals surface area contributed by atoms with Crippen molar-refractivity contribution in [3.05, 3.63) is 0 Å². The van der Waals surface area contributed by atoms with Crippen molar-refractivity contribution in [2.45, 2.75) is 72.3 Å². The van der Waals surface area contributed by atoms with E-state index in [4.69, 9.17) is 13.3 Å². The fourth-order valence-electron chi connectivity index (χ4n) is 1.69. The summed E-state index contributed by atoms with van der Waals surface area (Å²) in [6.45, 7) is 9.69. The lowest BCUT2D eigenvalue weighted by Crippen LogP contribution is -2.31. The molecule has 0 saturated heterocycles. The van der Waals surface area contributed by atoms with Crippen LogP contribution in [-0.2, 0) is 13.3 Å². The van der Waals surface area contributed by atoms with E-state index < -0.39 is 9.53 Å². The van der Waals surface area contributed by atoms with Crippen LogP contribution in [0.2, 0.25) is 0 Å². The molecule has 0 amide bonds. The zero-order valence-electron chi connectivity index (χ0n) is 12.0. The van der Waals surface area contributed by atoms with E-state index in [1.807, 2.05) is 13.8 Å². The van der Waals surface area contributed by atoms with Gasteiger partial charge in [-0.2, -0.15) is 0 Å². The summed E-state index contributed by atoms with van der Waals surface area (Å²) in [7, 11) is -1.86. The van der Waals surface area contributed by atoms with Crippen molar-refractivity contribution in [2.24, 2.45) is 0 Å². The molecule has 0 aliphatic carbocycles. The highest BCUT2D eigenvalue weighted by atomic mass is 28.3. The van der Waals surface area contributed by atoms with E-state index in [1.165, 1.54) is 32.1 Å². The first-order chi connectivity index (χ1) is 8.24. The molecular weight excluding hydrogens is 232 g/mol. The average molecular weight is 262 g/mol. The molecule has 4 heteroatoms. The Hall–Kier alpha value is 0.0969. The van der Waals surface area contributed by atoms with Crippen LogP contribution in [0.5, 0.6) is 0 Å². The maximum Gasteiger partial charge on any atom is 0.484 e.